The first-order valence-electron chi connectivity index (χ1n) is 24.9. The van der Waals surface area contributed by atoms with Crippen LogP contribution in [0.1, 0.15) is 149 Å². The number of rotatable bonds is 27. The molecule has 356 valence electrons. The number of aliphatic hydroxyl groups excluding tert-OH is 1. The molecule has 1 N–H and O–H groups in total. The smallest absolute Gasteiger partial charge is 0.308 e. The van der Waals surface area contributed by atoms with E-state index in [0.717, 1.165) is 67.5 Å². The lowest BCUT2D eigenvalue weighted by atomic mass is 9.71. The first-order valence-corrected chi connectivity index (χ1v) is 31.9. The quantitative estimate of drug-likeness (QED) is 0.0413. The minimum absolute atomic E-state index is 0.0178. The third kappa shape index (κ3) is 13.7. The maximum atomic E-state index is 15.0. The summed E-state index contributed by atoms with van der Waals surface area (Å²) in [5.41, 5.74) is 0.0237. The third-order valence-corrected chi connectivity index (χ3v) is 29.5. The Kier molecular flexibility index (Phi) is 21.5. The average Bonchev–Trinajstić information content (AvgIpc) is 3.27. The lowest BCUT2D eigenvalue weighted by Gasteiger charge is -2.46. The number of ether oxygens (including phenoxy) is 1. The van der Waals surface area contributed by atoms with E-state index in [0.29, 0.717) is 12.8 Å². The van der Waals surface area contributed by atoms with Crippen LogP contribution in [0.2, 0.25) is 41.3 Å². The second-order valence-corrected chi connectivity index (χ2v) is 34.2. The highest BCUT2D eigenvalue weighted by Gasteiger charge is 2.53. The minimum Gasteiger partial charge on any atom is -0.458 e. The summed E-state index contributed by atoms with van der Waals surface area (Å²) in [5, 5.41) is 14.1. The van der Waals surface area contributed by atoms with Crippen LogP contribution in [0.15, 0.2) is 72.3 Å². The summed E-state index contributed by atoms with van der Waals surface area (Å²) in [7, 11) is -7.07. The van der Waals surface area contributed by atoms with Crippen molar-refractivity contribution in [3.05, 3.63) is 72.3 Å². The van der Waals surface area contributed by atoms with E-state index in [1.807, 2.05) is 39.8 Å². The highest BCUT2D eigenvalue weighted by Crippen LogP contribution is 2.42. The molecule has 1 fully saturated rings. The van der Waals surface area contributed by atoms with Gasteiger partial charge in [-0.15, -0.1) is 0 Å². The van der Waals surface area contributed by atoms with Gasteiger partial charge in [0, 0.05) is 29.8 Å². The van der Waals surface area contributed by atoms with Crippen molar-refractivity contribution in [2.75, 3.05) is 0 Å². The molecule has 3 rings (SSSR count). The fourth-order valence-corrected chi connectivity index (χ4v) is 21.1. The van der Waals surface area contributed by atoms with Gasteiger partial charge in [-0.2, -0.15) is 0 Å². The SMILES string of the molecule is CCCCC[C@H](CC(O)C(C)C(=O)C(C)(C)[C@@H](O[Si](CC)(CC)CC)[C@@H](C)/C=C(\C)[C@@H]1C[C@H](O[Si](c2ccccc2)(c2ccccc2)C(C)(C)C)CC(=O)O1)O[Si](CC)(CC)CC. The maximum absolute atomic E-state index is 15.0. The molecule has 7 atom stereocenters. The van der Waals surface area contributed by atoms with E-state index in [4.69, 9.17) is 18.0 Å². The van der Waals surface area contributed by atoms with Gasteiger partial charge in [-0.25, -0.2) is 0 Å². The number of hydrogen-bond donors (Lipinski definition) is 1. The fraction of sp³-hybridized carbons (Fsp3) is 0.698. The van der Waals surface area contributed by atoms with Crippen molar-refractivity contribution in [3.63, 3.8) is 0 Å². The van der Waals surface area contributed by atoms with Crippen molar-refractivity contribution in [2.24, 2.45) is 17.3 Å². The van der Waals surface area contributed by atoms with E-state index in [1.165, 1.54) is 10.4 Å². The Labute approximate surface area is 388 Å². The molecule has 0 bridgehead atoms. The van der Waals surface area contributed by atoms with Crippen molar-refractivity contribution < 1.29 is 32.7 Å². The molecule has 1 saturated heterocycles. The molecule has 10 heteroatoms. The molecule has 0 saturated carbocycles. The Balaban J connectivity index is 2.00. The molecule has 1 aliphatic rings. The van der Waals surface area contributed by atoms with Crippen LogP contribution in [0.4, 0.5) is 0 Å². The van der Waals surface area contributed by atoms with E-state index < -0.39 is 54.6 Å². The number of ketones is 1. The van der Waals surface area contributed by atoms with E-state index >= 15 is 0 Å². The monoisotopic (exact) mass is 923 g/mol. The number of benzene rings is 2. The van der Waals surface area contributed by atoms with Gasteiger partial charge < -0.3 is 23.1 Å². The molecule has 0 spiro atoms. The van der Waals surface area contributed by atoms with Crippen LogP contribution in [-0.4, -0.2) is 72.3 Å². The van der Waals surface area contributed by atoms with E-state index in [1.54, 1.807) is 0 Å². The molecule has 2 aromatic carbocycles. The molecule has 0 aromatic heterocycles. The molecule has 2 unspecified atom stereocenters. The van der Waals surface area contributed by atoms with Crippen LogP contribution in [0.5, 0.6) is 0 Å². The van der Waals surface area contributed by atoms with Crippen molar-refractivity contribution in [3.8, 4) is 0 Å². The van der Waals surface area contributed by atoms with Crippen LogP contribution < -0.4 is 10.4 Å². The molecular weight excluding hydrogens is 833 g/mol. The Morgan fingerprint density at radius 1 is 0.794 bits per heavy atom. The highest BCUT2D eigenvalue weighted by molar-refractivity contribution is 6.99. The van der Waals surface area contributed by atoms with Gasteiger partial charge in [-0.3, -0.25) is 9.59 Å². The molecule has 63 heavy (non-hydrogen) atoms. The Bertz CT molecular complexity index is 1640. The van der Waals surface area contributed by atoms with Crippen LogP contribution in [0.25, 0.3) is 0 Å². The average molecular weight is 924 g/mol. The second kappa shape index (κ2) is 24.5. The molecule has 1 aliphatic heterocycles. The van der Waals surface area contributed by atoms with Gasteiger partial charge in [0.15, 0.2) is 16.6 Å². The molecule has 7 nitrogen and oxygen atoms in total. The predicted octanol–water partition coefficient (Wildman–Crippen LogP) is 12.6. The first-order chi connectivity index (χ1) is 29.7. The number of unbranched alkanes of at least 4 members (excludes halogenated alkanes) is 2. The summed E-state index contributed by atoms with van der Waals surface area (Å²) < 4.78 is 28.0. The molecule has 2 aromatic rings. The molecule has 0 aliphatic carbocycles. The van der Waals surface area contributed by atoms with Crippen molar-refractivity contribution in [1.82, 2.24) is 0 Å². The van der Waals surface area contributed by atoms with Crippen molar-refractivity contribution in [2.45, 2.75) is 221 Å². The number of Topliss-reactive ketones (excluding diaryl/α,β-unsaturated/α-hetero) is 1. The third-order valence-electron chi connectivity index (χ3n) is 15.0. The predicted molar refractivity (Wildman–Crippen MR) is 271 cm³/mol. The van der Waals surface area contributed by atoms with Gasteiger partial charge in [0.2, 0.25) is 0 Å². The van der Waals surface area contributed by atoms with Crippen LogP contribution >= 0.6 is 0 Å². The Morgan fingerprint density at radius 3 is 1.75 bits per heavy atom. The lowest BCUT2D eigenvalue weighted by Crippen LogP contribution is -2.68. The number of cyclic esters (lactones) is 1. The standard InChI is InChI=1S/C53H90O7Si3/c1-16-23-26-31-43(58-61(17-2,18-3)19-4)37-47(54)42(10)50(56)53(14,15)51(60-62(20-5,21-6)22-7)41(9)36-40(8)48-38-44(39-49(55)57-48)59-63(52(11,12)13,45-32-27-24-28-33-45)46-34-29-25-30-35-46/h24-25,27-30,32-36,41-44,47-48,51,54H,16-23,26,31,37-39H2,1-15H3/b40-36+/t41-,42?,43+,44-,47?,48-,51-/m0/s1. The second-order valence-electron chi connectivity index (χ2n) is 20.5. The topological polar surface area (TPSA) is 91.3 Å². The van der Waals surface area contributed by atoms with Gasteiger partial charge in [-0.1, -0.05) is 183 Å². The van der Waals surface area contributed by atoms with E-state index in [9.17, 15) is 14.7 Å². The zero-order valence-electron chi connectivity index (χ0n) is 42.5. The molecule has 1 heterocycles. The summed E-state index contributed by atoms with van der Waals surface area (Å²) in [6.45, 7) is 32.6. The largest absolute Gasteiger partial charge is 0.458 e. The molecular formula is C53H90O7Si3. The van der Waals surface area contributed by atoms with Crippen LogP contribution in [-0.2, 0) is 27.6 Å². The molecule has 0 radical (unpaired) electrons. The van der Waals surface area contributed by atoms with Gasteiger partial charge in [0.05, 0.1) is 24.7 Å². The lowest BCUT2D eigenvalue weighted by molar-refractivity contribution is -0.156. The Hall–Kier alpha value is -2.19. The minimum atomic E-state index is -2.92. The number of aliphatic hydroxyl groups is 1. The number of esters is 1. The number of carbonyl (C=O) groups is 2. The summed E-state index contributed by atoms with van der Waals surface area (Å²) in [6.07, 6.45) is 5.46. The molecule has 0 amide bonds. The number of carbonyl (C=O) groups excluding carboxylic acids is 2. The zero-order chi connectivity index (χ0) is 47.2. The number of hydrogen-bond acceptors (Lipinski definition) is 7. The van der Waals surface area contributed by atoms with Crippen molar-refractivity contribution in [1.29, 1.82) is 0 Å². The summed E-state index contributed by atoms with van der Waals surface area (Å²) in [5.74, 6) is -1.02. The van der Waals surface area contributed by atoms with Gasteiger partial charge in [-0.05, 0) is 77.0 Å². The normalized spacial score (nSPS) is 19.6. The van der Waals surface area contributed by atoms with Crippen LogP contribution in [0, 0.1) is 17.3 Å². The van der Waals surface area contributed by atoms with E-state index in [2.05, 4.69) is 131 Å². The zero-order valence-corrected chi connectivity index (χ0v) is 45.5. The Morgan fingerprint density at radius 2 is 1.29 bits per heavy atom. The maximum Gasteiger partial charge on any atom is 0.308 e. The summed E-state index contributed by atoms with van der Waals surface area (Å²) >= 11 is 0. The fourth-order valence-electron chi connectivity index (χ4n) is 10.4. The summed E-state index contributed by atoms with van der Waals surface area (Å²) in [6, 6.07) is 27.2. The van der Waals surface area contributed by atoms with Crippen molar-refractivity contribution >= 4 is 47.1 Å². The highest BCUT2D eigenvalue weighted by atomic mass is 28.4. The summed E-state index contributed by atoms with van der Waals surface area (Å²) in [4.78, 5) is 28.5. The van der Waals surface area contributed by atoms with Gasteiger partial charge in [0.25, 0.3) is 8.32 Å². The van der Waals surface area contributed by atoms with E-state index in [-0.39, 0.29) is 41.3 Å². The van der Waals surface area contributed by atoms with Gasteiger partial charge in [0.1, 0.15) is 11.9 Å². The van der Waals surface area contributed by atoms with Crippen LogP contribution in [0.3, 0.4) is 0 Å². The van der Waals surface area contributed by atoms with Gasteiger partial charge >= 0.3 is 5.97 Å². The first kappa shape index (κ1) is 55.1.